The predicted molar refractivity (Wildman–Crippen MR) is 74.3 cm³/mol. The van der Waals surface area contributed by atoms with E-state index in [1.807, 2.05) is 25.1 Å². The van der Waals surface area contributed by atoms with Crippen LogP contribution in [0.3, 0.4) is 0 Å². The predicted octanol–water partition coefficient (Wildman–Crippen LogP) is 4.77. The molecule has 1 aliphatic rings. The summed E-state index contributed by atoms with van der Waals surface area (Å²) < 4.78 is 1.03. The number of carbonyl (C=O) groups excluding carboxylic acids is 1. The average Bonchev–Trinajstić information content (AvgIpc) is 2.32. The van der Waals surface area contributed by atoms with Crippen LogP contribution in [-0.4, -0.2) is 5.78 Å². The number of rotatable bonds is 2. The molecule has 0 aromatic heterocycles. The molecule has 2 unspecified atom stereocenters. The first-order valence-electron chi connectivity index (χ1n) is 6.38. The Morgan fingerprint density at radius 3 is 2.76 bits per heavy atom. The van der Waals surface area contributed by atoms with E-state index in [1.165, 1.54) is 18.4 Å². The zero-order valence-corrected chi connectivity index (χ0v) is 12.1. The Balaban J connectivity index is 2.15. The molecule has 0 amide bonds. The van der Waals surface area contributed by atoms with Crippen LogP contribution in [0.2, 0.25) is 0 Å². The maximum atomic E-state index is 12.4. The molecule has 1 aromatic rings. The van der Waals surface area contributed by atoms with Gasteiger partial charge in [-0.2, -0.15) is 0 Å². The van der Waals surface area contributed by atoms with Gasteiger partial charge in [0.15, 0.2) is 5.78 Å². The minimum Gasteiger partial charge on any atom is -0.294 e. The molecule has 0 spiro atoms. The third kappa shape index (κ3) is 2.98. The first-order chi connectivity index (χ1) is 8.08. The van der Waals surface area contributed by atoms with E-state index in [-0.39, 0.29) is 5.92 Å². The Hall–Kier alpha value is -0.630. The van der Waals surface area contributed by atoms with Crippen LogP contribution in [0.1, 0.15) is 48.5 Å². The van der Waals surface area contributed by atoms with Gasteiger partial charge in [-0.1, -0.05) is 47.8 Å². The van der Waals surface area contributed by atoms with Gasteiger partial charge in [0, 0.05) is 16.0 Å². The lowest BCUT2D eigenvalue weighted by Gasteiger charge is -2.25. The SMILES string of the molecule is Cc1ccc(C(=O)C2CCCC(C)C2)cc1Br. The molecule has 17 heavy (non-hydrogen) atoms. The second kappa shape index (κ2) is 5.34. The lowest BCUT2D eigenvalue weighted by Crippen LogP contribution is -2.21. The van der Waals surface area contributed by atoms with Gasteiger partial charge in [0.25, 0.3) is 0 Å². The van der Waals surface area contributed by atoms with Gasteiger partial charge in [-0.05, 0) is 37.3 Å². The number of hydrogen-bond donors (Lipinski definition) is 0. The molecule has 2 atom stereocenters. The van der Waals surface area contributed by atoms with E-state index in [0.29, 0.717) is 11.7 Å². The first-order valence-corrected chi connectivity index (χ1v) is 7.17. The number of benzene rings is 1. The Morgan fingerprint density at radius 1 is 1.35 bits per heavy atom. The highest BCUT2D eigenvalue weighted by atomic mass is 79.9. The second-order valence-electron chi connectivity index (χ2n) is 5.30. The van der Waals surface area contributed by atoms with E-state index in [1.54, 1.807) is 0 Å². The largest absolute Gasteiger partial charge is 0.294 e. The lowest BCUT2D eigenvalue weighted by atomic mass is 9.79. The molecule has 0 N–H and O–H groups in total. The molecular formula is C15H19BrO. The fraction of sp³-hybridized carbons (Fsp3) is 0.533. The molecule has 0 aliphatic heterocycles. The van der Waals surface area contributed by atoms with Crippen molar-refractivity contribution in [2.45, 2.75) is 39.5 Å². The fourth-order valence-electron chi connectivity index (χ4n) is 2.65. The van der Waals surface area contributed by atoms with Gasteiger partial charge in [-0.15, -0.1) is 0 Å². The topological polar surface area (TPSA) is 17.1 Å². The van der Waals surface area contributed by atoms with Crippen molar-refractivity contribution in [2.75, 3.05) is 0 Å². The third-order valence-electron chi connectivity index (χ3n) is 3.76. The standard InChI is InChI=1S/C15H19BrO/c1-10-4-3-5-12(8-10)15(17)13-7-6-11(2)14(16)9-13/h6-7,9-10,12H,3-5,8H2,1-2H3. The fourth-order valence-corrected chi connectivity index (χ4v) is 3.03. The maximum absolute atomic E-state index is 12.4. The summed E-state index contributed by atoms with van der Waals surface area (Å²) in [5.74, 6) is 1.28. The van der Waals surface area contributed by atoms with Crippen LogP contribution >= 0.6 is 15.9 Å². The summed E-state index contributed by atoms with van der Waals surface area (Å²) in [4.78, 5) is 12.4. The summed E-state index contributed by atoms with van der Waals surface area (Å²) in [5.41, 5.74) is 2.04. The average molecular weight is 295 g/mol. The normalized spacial score (nSPS) is 24.6. The van der Waals surface area contributed by atoms with Gasteiger partial charge in [0.1, 0.15) is 0 Å². The summed E-state index contributed by atoms with van der Waals surface area (Å²) in [5, 5.41) is 0. The summed E-state index contributed by atoms with van der Waals surface area (Å²) >= 11 is 3.50. The van der Waals surface area contributed by atoms with Gasteiger partial charge >= 0.3 is 0 Å². The molecule has 1 nitrogen and oxygen atoms in total. The molecule has 2 rings (SSSR count). The van der Waals surface area contributed by atoms with E-state index < -0.39 is 0 Å². The van der Waals surface area contributed by atoms with Crippen molar-refractivity contribution >= 4 is 21.7 Å². The number of aryl methyl sites for hydroxylation is 1. The number of hydrogen-bond acceptors (Lipinski definition) is 1. The molecule has 1 saturated carbocycles. The van der Waals surface area contributed by atoms with E-state index in [9.17, 15) is 4.79 Å². The molecule has 1 aliphatic carbocycles. The van der Waals surface area contributed by atoms with Crippen molar-refractivity contribution in [3.05, 3.63) is 33.8 Å². The van der Waals surface area contributed by atoms with Crippen LogP contribution in [0.4, 0.5) is 0 Å². The van der Waals surface area contributed by atoms with E-state index in [4.69, 9.17) is 0 Å². The summed E-state index contributed by atoms with van der Waals surface area (Å²) in [6.45, 7) is 4.30. The monoisotopic (exact) mass is 294 g/mol. The Bertz CT molecular complexity index is 425. The van der Waals surface area contributed by atoms with E-state index >= 15 is 0 Å². The lowest BCUT2D eigenvalue weighted by molar-refractivity contribution is 0.0868. The minimum atomic E-state index is 0.244. The molecule has 0 heterocycles. The van der Waals surface area contributed by atoms with Gasteiger partial charge in [-0.3, -0.25) is 4.79 Å². The number of ketones is 1. The molecule has 1 fully saturated rings. The highest BCUT2D eigenvalue weighted by molar-refractivity contribution is 9.10. The minimum absolute atomic E-state index is 0.244. The number of Topliss-reactive ketones (excluding diaryl/α,β-unsaturated/α-hetero) is 1. The molecular weight excluding hydrogens is 276 g/mol. The second-order valence-corrected chi connectivity index (χ2v) is 6.15. The molecule has 0 saturated heterocycles. The number of carbonyl (C=O) groups is 1. The zero-order chi connectivity index (χ0) is 12.4. The van der Waals surface area contributed by atoms with Gasteiger partial charge in [0.05, 0.1) is 0 Å². The van der Waals surface area contributed by atoms with Crippen molar-refractivity contribution in [2.24, 2.45) is 11.8 Å². The van der Waals surface area contributed by atoms with E-state index in [2.05, 4.69) is 22.9 Å². The smallest absolute Gasteiger partial charge is 0.165 e. The number of halogens is 1. The third-order valence-corrected chi connectivity index (χ3v) is 4.62. The highest BCUT2D eigenvalue weighted by Crippen LogP contribution is 2.31. The van der Waals surface area contributed by atoms with Crippen LogP contribution in [0.15, 0.2) is 22.7 Å². The molecule has 92 valence electrons. The van der Waals surface area contributed by atoms with Crippen LogP contribution in [0, 0.1) is 18.8 Å². The van der Waals surface area contributed by atoms with Crippen LogP contribution < -0.4 is 0 Å². The van der Waals surface area contributed by atoms with Crippen molar-refractivity contribution in [3.8, 4) is 0 Å². The summed E-state index contributed by atoms with van der Waals surface area (Å²) in [7, 11) is 0. The first kappa shape index (κ1) is 12.8. The van der Waals surface area contributed by atoms with E-state index in [0.717, 1.165) is 22.9 Å². The summed E-state index contributed by atoms with van der Waals surface area (Å²) in [6.07, 6.45) is 4.60. The molecule has 0 radical (unpaired) electrons. The Kier molecular flexibility index (Phi) is 4.03. The van der Waals surface area contributed by atoms with Crippen LogP contribution in [0.25, 0.3) is 0 Å². The van der Waals surface area contributed by atoms with Crippen molar-refractivity contribution in [1.29, 1.82) is 0 Å². The molecule has 0 bridgehead atoms. The molecule has 2 heteroatoms. The highest BCUT2D eigenvalue weighted by Gasteiger charge is 2.25. The van der Waals surface area contributed by atoms with Crippen LogP contribution in [0.5, 0.6) is 0 Å². The van der Waals surface area contributed by atoms with Gasteiger partial charge in [0.2, 0.25) is 0 Å². The van der Waals surface area contributed by atoms with Crippen molar-refractivity contribution in [3.63, 3.8) is 0 Å². The van der Waals surface area contributed by atoms with Crippen molar-refractivity contribution in [1.82, 2.24) is 0 Å². The van der Waals surface area contributed by atoms with Crippen molar-refractivity contribution < 1.29 is 4.79 Å². The van der Waals surface area contributed by atoms with Gasteiger partial charge in [-0.25, -0.2) is 0 Å². The van der Waals surface area contributed by atoms with Gasteiger partial charge < -0.3 is 0 Å². The molecule has 1 aromatic carbocycles. The maximum Gasteiger partial charge on any atom is 0.165 e. The zero-order valence-electron chi connectivity index (χ0n) is 10.5. The Morgan fingerprint density at radius 2 is 2.12 bits per heavy atom. The summed E-state index contributed by atoms with van der Waals surface area (Å²) in [6, 6.07) is 5.95. The van der Waals surface area contributed by atoms with Crippen LogP contribution in [-0.2, 0) is 0 Å². The quantitative estimate of drug-likeness (QED) is 0.718. The Labute approximate surface area is 112 Å².